The van der Waals surface area contributed by atoms with Crippen LogP contribution in [0.15, 0.2) is 18.3 Å². The lowest BCUT2D eigenvalue weighted by Gasteiger charge is -2.28. The number of carbonyl (C=O) groups excluding carboxylic acids is 1. The molecule has 19 heavy (non-hydrogen) atoms. The number of piperidine rings is 1. The van der Waals surface area contributed by atoms with Crippen LogP contribution in [0, 0.1) is 0 Å². The zero-order chi connectivity index (χ0) is 13.2. The van der Waals surface area contributed by atoms with Crippen molar-refractivity contribution in [3.63, 3.8) is 0 Å². The quantitative estimate of drug-likeness (QED) is 0.780. The molecule has 3 heterocycles. The Morgan fingerprint density at radius 2 is 2.00 bits per heavy atom. The Labute approximate surface area is 118 Å². The zero-order valence-corrected chi connectivity index (χ0v) is 11.6. The number of nitrogens with zero attached hydrogens (tertiary/aromatic N) is 3. The van der Waals surface area contributed by atoms with E-state index in [0.29, 0.717) is 18.8 Å². The molecule has 1 amide bonds. The van der Waals surface area contributed by atoms with Gasteiger partial charge in [0.15, 0.2) is 0 Å². The van der Waals surface area contributed by atoms with Crippen LogP contribution >= 0.6 is 11.6 Å². The maximum absolute atomic E-state index is 11.8. The van der Waals surface area contributed by atoms with E-state index in [1.807, 2.05) is 12.3 Å². The van der Waals surface area contributed by atoms with Gasteiger partial charge >= 0.3 is 0 Å². The zero-order valence-electron chi connectivity index (χ0n) is 10.9. The second-order valence-corrected chi connectivity index (χ2v) is 5.85. The number of alkyl halides is 1. The number of carbonyl (C=O) groups is 1. The van der Waals surface area contributed by atoms with Crippen molar-refractivity contribution in [1.82, 2.24) is 4.98 Å². The summed E-state index contributed by atoms with van der Waals surface area (Å²) in [6.07, 6.45) is 6.11. The Morgan fingerprint density at radius 3 is 2.58 bits per heavy atom. The van der Waals surface area contributed by atoms with Gasteiger partial charge in [-0.15, -0.1) is 11.6 Å². The van der Waals surface area contributed by atoms with Gasteiger partial charge in [-0.05, 0) is 31.4 Å². The molecule has 1 aromatic rings. The largest absolute Gasteiger partial charge is 0.370 e. The number of pyridine rings is 1. The van der Waals surface area contributed by atoms with Crippen LogP contribution in [0.1, 0.15) is 25.7 Å². The Hall–Kier alpha value is -1.29. The van der Waals surface area contributed by atoms with E-state index in [-0.39, 0.29) is 11.3 Å². The van der Waals surface area contributed by atoms with E-state index in [9.17, 15) is 4.79 Å². The van der Waals surface area contributed by atoms with Gasteiger partial charge in [-0.25, -0.2) is 4.98 Å². The second-order valence-electron chi connectivity index (χ2n) is 5.23. The summed E-state index contributed by atoms with van der Waals surface area (Å²) in [4.78, 5) is 20.2. The summed E-state index contributed by atoms with van der Waals surface area (Å²) in [5, 5.41) is -0.0870. The Kier molecular flexibility index (Phi) is 3.60. The van der Waals surface area contributed by atoms with E-state index in [2.05, 4.69) is 16.0 Å². The number of hydrogen-bond acceptors (Lipinski definition) is 3. The molecule has 0 radical (unpaired) electrons. The fourth-order valence-corrected chi connectivity index (χ4v) is 3.03. The summed E-state index contributed by atoms with van der Waals surface area (Å²) >= 11 is 6.01. The number of aromatic nitrogens is 1. The predicted octanol–water partition coefficient (Wildman–Crippen LogP) is 2.42. The Balaban J connectivity index is 1.73. The van der Waals surface area contributed by atoms with Gasteiger partial charge in [0, 0.05) is 26.1 Å². The van der Waals surface area contributed by atoms with E-state index in [1.165, 1.54) is 19.3 Å². The van der Waals surface area contributed by atoms with E-state index < -0.39 is 0 Å². The molecule has 1 unspecified atom stereocenters. The van der Waals surface area contributed by atoms with Crippen LogP contribution in [-0.4, -0.2) is 35.9 Å². The SMILES string of the molecule is O=C1CC(Cl)CN1c1ccc(N2CCCCC2)cn1. The number of hydrogen-bond donors (Lipinski definition) is 0. The van der Waals surface area contributed by atoms with E-state index in [0.717, 1.165) is 18.8 Å². The molecule has 2 aliphatic rings. The lowest BCUT2D eigenvalue weighted by atomic mass is 10.1. The molecule has 2 saturated heterocycles. The summed E-state index contributed by atoms with van der Waals surface area (Å²) in [5.41, 5.74) is 1.15. The highest BCUT2D eigenvalue weighted by atomic mass is 35.5. The van der Waals surface area contributed by atoms with Gasteiger partial charge in [-0.2, -0.15) is 0 Å². The highest BCUT2D eigenvalue weighted by molar-refractivity contribution is 6.24. The lowest BCUT2D eigenvalue weighted by molar-refractivity contribution is -0.117. The van der Waals surface area contributed by atoms with Crippen molar-refractivity contribution >= 4 is 29.0 Å². The predicted molar refractivity (Wildman–Crippen MR) is 76.9 cm³/mol. The first-order chi connectivity index (χ1) is 9.24. The second kappa shape index (κ2) is 5.37. The molecule has 0 bridgehead atoms. The maximum atomic E-state index is 11.8. The van der Waals surface area contributed by atoms with Crippen LogP contribution < -0.4 is 9.80 Å². The van der Waals surface area contributed by atoms with Crippen LogP contribution in [0.5, 0.6) is 0 Å². The summed E-state index contributed by atoms with van der Waals surface area (Å²) in [5.74, 6) is 0.784. The highest BCUT2D eigenvalue weighted by Gasteiger charge is 2.29. The molecule has 102 valence electrons. The smallest absolute Gasteiger partial charge is 0.229 e. The van der Waals surface area contributed by atoms with E-state index in [4.69, 9.17) is 11.6 Å². The first-order valence-electron chi connectivity index (χ1n) is 6.89. The first kappa shape index (κ1) is 12.7. The third-order valence-corrected chi connectivity index (χ3v) is 4.10. The molecule has 0 aromatic carbocycles. The van der Waals surface area contributed by atoms with Crippen molar-refractivity contribution in [3.8, 4) is 0 Å². The normalized spacial score (nSPS) is 24.1. The number of halogens is 1. The van der Waals surface area contributed by atoms with Gasteiger partial charge in [0.2, 0.25) is 5.91 Å². The van der Waals surface area contributed by atoms with Crippen molar-refractivity contribution in [3.05, 3.63) is 18.3 Å². The third-order valence-electron chi connectivity index (χ3n) is 3.81. The van der Waals surface area contributed by atoms with Crippen LogP contribution in [-0.2, 0) is 4.79 Å². The van der Waals surface area contributed by atoms with E-state index in [1.54, 1.807) is 4.90 Å². The number of rotatable bonds is 2. The van der Waals surface area contributed by atoms with Gasteiger partial charge in [0.25, 0.3) is 0 Å². The molecule has 0 saturated carbocycles. The van der Waals surface area contributed by atoms with Gasteiger partial charge in [-0.1, -0.05) is 0 Å². The van der Waals surface area contributed by atoms with Crippen molar-refractivity contribution in [2.75, 3.05) is 29.4 Å². The molecule has 0 spiro atoms. The van der Waals surface area contributed by atoms with Crippen molar-refractivity contribution in [2.45, 2.75) is 31.1 Å². The molecule has 3 rings (SSSR count). The molecule has 1 aromatic heterocycles. The molecule has 2 aliphatic heterocycles. The molecular formula is C14H18ClN3O. The molecule has 5 heteroatoms. The minimum Gasteiger partial charge on any atom is -0.370 e. The molecule has 0 N–H and O–H groups in total. The Bertz CT molecular complexity index is 456. The number of anilines is 2. The molecule has 2 fully saturated rings. The summed E-state index contributed by atoms with van der Waals surface area (Å²) in [6.45, 7) is 2.78. The average Bonchev–Trinajstić information content (AvgIpc) is 2.79. The van der Waals surface area contributed by atoms with Crippen LogP contribution in [0.4, 0.5) is 11.5 Å². The maximum Gasteiger partial charge on any atom is 0.229 e. The fraction of sp³-hybridized carbons (Fsp3) is 0.571. The summed E-state index contributed by atoms with van der Waals surface area (Å²) in [6, 6.07) is 3.99. The molecule has 4 nitrogen and oxygen atoms in total. The summed E-state index contributed by atoms with van der Waals surface area (Å²) < 4.78 is 0. The van der Waals surface area contributed by atoms with Gasteiger partial charge in [0.05, 0.1) is 17.3 Å². The standard InChI is InChI=1S/C14H18ClN3O/c15-11-8-14(19)18(10-11)13-5-4-12(9-16-13)17-6-2-1-3-7-17/h4-5,9,11H,1-3,6-8,10H2. The van der Waals surface area contributed by atoms with Gasteiger partial charge in [-0.3, -0.25) is 9.69 Å². The van der Waals surface area contributed by atoms with Gasteiger partial charge < -0.3 is 4.90 Å². The van der Waals surface area contributed by atoms with Crippen LogP contribution in [0.2, 0.25) is 0 Å². The summed E-state index contributed by atoms with van der Waals surface area (Å²) in [7, 11) is 0. The van der Waals surface area contributed by atoms with E-state index >= 15 is 0 Å². The van der Waals surface area contributed by atoms with Crippen molar-refractivity contribution in [2.24, 2.45) is 0 Å². The Morgan fingerprint density at radius 1 is 1.21 bits per heavy atom. The highest BCUT2D eigenvalue weighted by Crippen LogP contribution is 2.25. The minimum atomic E-state index is -0.0870. The minimum absolute atomic E-state index is 0.0678. The lowest BCUT2D eigenvalue weighted by Crippen LogP contribution is -2.30. The van der Waals surface area contributed by atoms with Crippen molar-refractivity contribution in [1.29, 1.82) is 0 Å². The number of amides is 1. The van der Waals surface area contributed by atoms with Crippen molar-refractivity contribution < 1.29 is 4.79 Å². The first-order valence-corrected chi connectivity index (χ1v) is 7.33. The molecular weight excluding hydrogens is 262 g/mol. The topological polar surface area (TPSA) is 36.4 Å². The molecule has 1 atom stereocenters. The monoisotopic (exact) mass is 279 g/mol. The third kappa shape index (κ3) is 2.68. The van der Waals surface area contributed by atoms with Gasteiger partial charge in [0.1, 0.15) is 5.82 Å². The average molecular weight is 280 g/mol. The van der Waals surface area contributed by atoms with Crippen LogP contribution in [0.25, 0.3) is 0 Å². The van der Waals surface area contributed by atoms with Crippen LogP contribution in [0.3, 0.4) is 0 Å². The molecule has 0 aliphatic carbocycles. The fourth-order valence-electron chi connectivity index (χ4n) is 2.76.